The van der Waals surface area contributed by atoms with E-state index in [2.05, 4.69) is 11.2 Å². The highest BCUT2D eigenvalue weighted by molar-refractivity contribution is 5.78. The first kappa shape index (κ1) is 23.9. The number of rotatable bonds is 8. The number of hydrogen-bond donors (Lipinski definition) is 1. The van der Waals surface area contributed by atoms with Gasteiger partial charge < -0.3 is 24.3 Å². The Morgan fingerprint density at radius 3 is 2.46 bits per heavy atom. The fourth-order valence-electron chi connectivity index (χ4n) is 3.69. The Kier molecular flexibility index (Phi) is 8.92. The molecule has 158 valence electrons. The van der Waals surface area contributed by atoms with Crippen LogP contribution in [0.3, 0.4) is 0 Å². The predicted molar refractivity (Wildman–Crippen MR) is 101 cm³/mol. The molecule has 8 nitrogen and oxygen atoms in total. The van der Waals surface area contributed by atoms with Crippen LogP contribution in [0.25, 0.3) is 0 Å². The molecule has 0 aromatic rings. The summed E-state index contributed by atoms with van der Waals surface area (Å²) in [6.45, 7) is 8.21. The molecule has 1 rings (SSSR count). The van der Waals surface area contributed by atoms with Crippen molar-refractivity contribution in [3.8, 4) is 12.3 Å². The molecule has 8 heteroatoms. The van der Waals surface area contributed by atoms with Crippen LogP contribution >= 0.6 is 0 Å². The van der Waals surface area contributed by atoms with E-state index in [1.807, 2.05) is 20.8 Å². The smallest absolute Gasteiger partial charge is 0.366 e. The summed E-state index contributed by atoms with van der Waals surface area (Å²) in [6, 6.07) is -0.413. The summed E-state index contributed by atoms with van der Waals surface area (Å²) in [7, 11) is 1.24. The van der Waals surface area contributed by atoms with E-state index in [4.69, 9.17) is 25.4 Å². The van der Waals surface area contributed by atoms with Crippen molar-refractivity contribution in [2.45, 2.75) is 71.5 Å². The fraction of sp³-hybridized carbons (Fsp3) is 0.750. The molecule has 1 N–H and O–H groups in total. The summed E-state index contributed by atoms with van der Waals surface area (Å²) in [5.41, 5.74) is 0. The van der Waals surface area contributed by atoms with Gasteiger partial charge in [-0.1, -0.05) is 26.7 Å². The Bertz CT molecular complexity index is 614. The van der Waals surface area contributed by atoms with Gasteiger partial charge in [0.05, 0.1) is 19.3 Å². The Morgan fingerprint density at radius 1 is 1.36 bits per heavy atom. The maximum Gasteiger partial charge on any atom is 0.366 e. The molecule has 1 saturated heterocycles. The molecular weight excluding hydrogens is 366 g/mol. The van der Waals surface area contributed by atoms with Gasteiger partial charge in [-0.3, -0.25) is 9.59 Å². The van der Waals surface area contributed by atoms with E-state index in [0.717, 1.165) is 0 Å². The lowest BCUT2D eigenvalue weighted by atomic mass is 9.79. The number of esters is 2. The number of terminal acetylenes is 1. The SMILES string of the molecule is C#CCO[C@]1(C(=O)OC)C[C@@H](C)[C@@H](NC(C)=O)C([C@H](C)[C@@H](CC)OC(C)=O)O1. The van der Waals surface area contributed by atoms with Crippen LogP contribution in [0.5, 0.6) is 0 Å². The van der Waals surface area contributed by atoms with Crippen LogP contribution in [-0.2, 0) is 33.3 Å². The number of nitrogens with one attached hydrogen (secondary N) is 1. The molecule has 1 aliphatic heterocycles. The molecule has 0 saturated carbocycles. The Hall–Kier alpha value is -2.11. The molecule has 6 atom stereocenters. The van der Waals surface area contributed by atoms with Gasteiger partial charge >= 0.3 is 11.9 Å². The molecular formula is C20H31NO7. The van der Waals surface area contributed by atoms with Gasteiger partial charge in [-0.25, -0.2) is 4.79 Å². The molecule has 0 aromatic carbocycles. The molecule has 0 aliphatic carbocycles. The van der Waals surface area contributed by atoms with Crippen molar-refractivity contribution in [2.75, 3.05) is 13.7 Å². The van der Waals surface area contributed by atoms with E-state index in [-0.39, 0.29) is 30.8 Å². The third-order valence-electron chi connectivity index (χ3n) is 4.96. The molecule has 0 radical (unpaired) electrons. The maximum absolute atomic E-state index is 12.5. The number of methoxy groups -OCH3 is 1. The van der Waals surface area contributed by atoms with E-state index in [9.17, 15) is 14.4 Å². The minimum Gasteiger partial charge on any atom is -0.465 e. The van der Waals surface area contributed by atoms with Crippen LogP contribution in [0.4, 0.5) is 0 Å². The van der Waals surface area contributed by atoms with Crippen LogP contribution in [0.1, 0.15) is 47.5 Å². The predicted octanol–water partition coefficient (Wildman–Crippen LogP) is 1.41. The van der Waals surface area contributed by atoms with Gasteiger partial charge in [0.25, 0.3) is 5.79 Å². The van der Waals surface area contributed by atoms with Crippen LogP contribution in [-0.4, -0.2) is 55.6 Å². The van der Waals surface area contributed by atoms with Crippen LogP contribution in [0, 0.1) is 24.2 Å². The normalized spacial score (nSPS) is 29.1. The molecule has 0 spiro atoms. The van der Waals surface area contributed by atoms with Crippen molar-refractivity contribution < 1.29 is 33.3 Å². The number of amides is 1. The summed E-state index contributed by atoms with van der Waals surface area (Å²) in [5, 5.41) is 2.89. The topological polar surface area (TPSA) is 100 Å². The average molecular weight is 397 g/mol. The highest BCUT2D eigenvalue weighted by Gasteiger charge is 2.54. The summed E-state index contributed by atoms with van der Waals surface area (Å²) in [4.78, 5) is 35.8. The van der Waals surface area contributed by atoms with Gasteiger partial charge in [0.15, 0.2) is 0 Å². The second-order valence-corrected chi connectivity index (χ2v) is 7.14. The molecule has 1 fully saturated rings. The van der Waals surface area contributed by atoms with E-state index in [1.54, 1.807) is 0 Å². The lowest BCUT2D eigenvalue weighted by Gasteiger charge is -2.48. The van der Waals surface area contributed by atoms with Gasteiger partial charge in [0.1, 0.15) is 12.7 Å². The minimum absolute atomic E-state index is 0.144. The van der Waals surface area contributed by atoms with E-state index in [0.29, 0.717) is 6.42 Å². The first-order valence-electron chi connectivity index (χ1n) is 9.39. The summed E-state index contributed by atoms with van der Waals surface area (Å²) in [6.07, 6.45) is 4.85. The molecule has 1 aliphatic rings. The zero-order chi connectivity index (χ0) is 21.5. The number of ether oxygens (including phenoxy) is 4. The Balaban J connectivity index is 3.31. The first-order valence-corrected chi connectivity index (χ1v) is 9.39. The molecule has 1 heterocycles. The third kappa shape index (κ3) is 5.69. The lowest BCUT2D eigenvalue weighted by molar-refractivity contribution is -0.296. The van der Waals surface area contributed by atoms with Crippen molar-refractivity contribution >= 4 is 17.8 Å². The lowest BCUT2D eigenvalue weighted by Crippen LogP contribution is -2.64. The van der Waals surface area contributed by atoms with Gasteiger partial charge in [-0.15, -0.1) is 6.42 Å². The van der Waals surface area contributed by atoms with Crippen molar-refractivity contribution in [3.05, 3.63) is 0 Å². The van der Waals surface area contributed by atoms with Crippen molar-refractivity contribution in [2.24, 2.45) is 11.8 Å². The molecule has 0 aromatic heterocycles. The van der Waals surface area contributed by atoms with Gasteiger partial charge in [0, 0.05) is 26.2 Å². The Labute approximate surface area is 166 Å². The molecule has 0 bridgehead atoms. The van der Waals surface area contributed by atoms with Crippen LogP contribution < -0.4 is 5.32 Å². The second kappa shape index (κ2) is 10.4. The highest BCUT2D eigenvalue weighted by atomic mass is 16.7. The average Bonchev–Trinajstić information content (AvgIpc) is 2.64. The largest absolute Gasteiger partial charge is 0.465 e. The zero-order valence-corrected chi connectivity index (χ0v) is 17.4. The van der Waals surface area contributed by atoms with Gasteiger partial charge in [-0.05, 0) is 12.3 Å². The van der Waals surface area contributed by atoms with Crippen molar-refractivity contribution in [1.29, 1.82) is 0 Å². The number of carbonyl (C=O) groups excluding carboxylic acids is 3. The quantitative estimate of drug-likeness (QED) is 0.488. The van der Waals surface area contributed by atoms with Crippen molar-refractivity contribution in [1.82, 2.24) is 5.32 Å². The van der Waals surface area contributed by atoms with E-state index < -0.39 is 36.0 Å². The minimum atomic E-state index is -1.69. The summed E-state index contributed by atoms with van der Waals surface area (Å²) < 4.78 is 22.1. The van der Waals surface area contributed by atoms with E-state index in [1.165, 1.54) is 21.0 Å². The highest BCUT2D eigenvalue weighted by Crippen LogP contribution is 2.39. The number of hydrogen-bond acceptors (Lipinski definition) is 7. The first-order chi connectivity index (χ1) is 13.1. The monoisotopic (exact) mass is 397 g/mol. The van der Waals surface area contributed by atoms with E-state index >= 15 is 0 Å². The third-order valence-corrected chi connectivity index (χ3v) is 4.96. The van der Waals surface area contributed by atoms with Gasteiger partial charge in [-0.2, -0.15) is 0 Å². The van der Waals surface area contributed by atoms with Crippen molar-refractivity contribution in [3.63, 3.8) is 0 Å². The number of carbonyl (C=O) groups is 3. The summed E-state index contributed by atoms with van der Waals surface area (Å²) >= 11 is 0. The maximum atomic E-state index is 12.5. The van der Waals surface area contributed by atoms with Gasteiger partial charge in [0.2, 0.25) is 5.91 Å². The fourth-order valence-corrected chi connectivity index (χ4v) is 3.69. The second-order valence-electron chi connectivity index (χ2n) is 7.14. The zero-order valence-electron chi connectivity index (χ0n) is 17.4. The molecule has 1 amide bonds. The van der Waals surface area contributed by atoms with Crippen LogP contribution in [0.2, 0.25) is 0 Å². The van der Waals surface area contributed by atoms with Crippen LogP contribution in [0.15, 0.2) is 0 Å². The molecule has 1 unspecified atom stereocenters. The summed E-state index contributed by atoms with van der Waals surface area (Å²) in [5.74, 6) is -1.24. The molecule has 28 heavy (non-hydrogen) atoms. The Morgan fingerprint density at radius 2 is 2.00 bits per heavy atom. The standard InChI is InChI=1S/C20H31NO7/c1-8-10-26-20(19(24)25-7)11-12(3)17(21-14(5)22)18(28-20)13(4)16(9-2)27-15(6)23/h1,12-13,16-18H,9-11H2,2-7H3,(H,21,22)/t12-,13-,16-,17-,18?,20-/m1/s1.